The van der Waals surface area contributed by atoms with Gasteiger partial charge in [0.1, 0.15) is 6.04 Å². The summed E-state index contributed by atoms with van der Waals surface area (Å²) in [6.45, 7) is 0.798. The molecule has 0 aromatic rings. The Balaban J connectivity index is 2.07. The minimum atomic E-state index is -0.966. The van der Waals surface area contributed by atoms with Gasteiger partial charge in [0.25, 0.3) is 0 Å². The number of hydrogen-bond acceptors (Lipinski definition) is 3. The number of piperidine rings is 1. The Morgan fingerprint density at radius 3 is 2.75 bits per heavy atom. The highest BCUT2D eigenvalue weighted by Crippen LogP contribution is 2.23. The number of nitrogens with one attached hydrogen (secondary N) is 1. The number of amides is 2. The second kappa shape index (κ2) is 4.11. The maximum atomic E-state index is 11.6. The zero-order valence-corrected chi connectivity index (χ0v) is 8.81. The van der Waals surface area contributed by atoms with Crippen LogP contribution < -0.4 is 5.32 Å². The van der Waals surface area contributed by atoms with Crippen molar-refractivity contribution in [2.75, 3.05) is 13.1 Å². The van der Waals surface area contributed by atoms with Crippen molar-refractivity contribution in [3.05, 3.63) is 0 Å². The van der Waals surface area contributed by atoms with Crippen molar-refractivity contribution in [2.24, 2.45) is 5.92 Å². The van der Waals surface area contributed by atoms with E-state index in [1.165, 1.54) is 4.90 Å². The molecule has 0 aromatic heterocycles. The summed E-state index contributed by atoms with van der Waals surface area (Å²) in [7, 11) is 0. The van der Waals surface area contributed by atoms with Crippen LogP contribution in [0.25, 0.3) is 0 Å². The highest BCUT2D eigenvalue weighted by atomic mass is 16.4. The first-order valence-electron chi connectivity index (χ1n) is 5.39. The van der Waals surface area contributed by atoms with E-state index in [0.29, 0.717) is 13.0 Å². The third-order valence-corrected chi connectivity index (χ3v) is 3.14. The average molecular weight is 226 g/mol. The van der Waals surface area contributed by atoms with Crippen molar-refractivity contribution in [2.45, 2.75) is 25.3 Å². The fraction of sp³-hybridized carbons (Fsp3) is 0.700. The largest absolute Gasteiger partial charge is 0.481 e. The molecule has 0 radical (unpaired) electrons. The summed E-state index contributed by atoms with van der Waals surface area (Å²) >= 11 is 0. The minimum absolute atomic E-state index is 0.0130. The van der Waals surface area contributed by atoms with Crippen LogP contribution in [0.3, 0.4) is 0 Å². The van der Waals surface area contributed by atoms with Crippen molar-refractivity contribution in [3.63, 3.8) is 0 Å². The molecule has 0 spiro atoms. The highest BCUT2D eigenvalue weighted by molar-refractivity contribution is 5.91. The van der Waals surface area contributed by atoms with Crippen LogP contribution in [-0.2, 0) is 14.4 Å². The topological polar surface area (TPSA) is 86.7 Å². The number of carbonyl (C=O) groups is 3. The van der Waals surface area contributed by atoms with E-state index in [1.54, 1.807) is 0 Å². The fourth-order valence-corrected chi connectivity index (χ4v) is 2.25. The van der Waals surface area contributed by atoms with Gasteiger partial charge in [0.15, 0.2) is 0 Å². The zero-order valence-electron chi connectivity index (χ0n) is 8.81. The van der Waals surface area contributed by atoms with E-state index < -0.39 is 17.9 Å². The predicted octanol–water partition coefficient (Wildman–Crippen LogP) is -0.802. The first-order valence-corrected chi connectivity index (χ1v) is 5.39. The molecule has 2 heterocycles. The van der Waals surface area contributed by atoms with Crippen LogP contribution in [0.1, 0.15) is 19.3 Å². The van der Waals surface area contributed by atoms with Crippen LogP contribution in [-0.4, -0.2) is 46.9 Å². The van der Waals surface area contributed by atoms with E-state index in [4.69, 9.17) is 5.11 Å². The van der Waals surface area contributed by atoms with E-state index in [0.717, 1.165) is 6.42 Å². The van der Waals surface area contributed by atoms with Gasteiger partial charge < -0.3 is 15.3 Å². The number of rotatable bonds is 2. The van der Waals surface area contributed by atoms with Crippen molar-refractivity contribution >= 4 is 17.8 Å². The first-order chi connectivity index (χ1) is 7.59. The van der Waals surface area contributed by atoms with Gasteiger partial charge in [-0.05, 0) is 12.8 Å². The Hall–Kier alpha value is -1.59. The van der Waals surface area contributed by atoms with Crippen molar-refractivity contribution in [1.29, 1.82) is 0 Å². The predicted molar refractivity (Wildman–Crippen MR) is 53.5 cm³/mol. The number of carbonyl (C=O) groups excluding carboxylic acids is 2. The van der Waals surface area contributed by atoms with Gasteiger partial charge in [-0.3, -0.25) is 14.4 Å². The Bertz CT molecular complexity index is 342. The standard InChI is InChI=1S/C10H14N2O4/c13-8-4-6(10(15)16)5-12(8)7-2-1-3-11-9(7)14/h6-7H,1-5H2,(H,11,14)(H,15,16). The molecule has 2 unspecified atom stereocenters. The second-order valence-corrected chi connectivity index (χ2v) is 4.23. The molecule has 16 heavy (non-hydrogen) atoms. The van der Waals surface area contributed by atoms with E-state index in [2.05, 4.69) is 5.32 Å². The van der Waals surface area contributed by atoms with Gasteiger partial charge in [0.05, 0.1) is 5.92 Å². The van der Waals surface area contributed by atoms with E-state index in [1.807, 2.05) is 0 Å². The lowest BCUT2D eigenvalue weighted by Gasteiger charge is -2.30. The molecule has 6 heteroatoms. The minimum Gasteiger partial charge on any atom is -0.481 e. The van der Waals surface area contributed by atoms with Crippen LogP contribution in [0, 0.1) is 5.92 Å². The molecule has 2 saturated heterocycles. The molecule has 2 rings (SSSR count). The van der Waals surface area contributed by atoms with Crippen LogP contribution in [0.5, 0.6) is 0 Å². The normalized spacial score (nSPS) is 30.4. The van der Waals surface area contributed by atoms with E-state index in [9.17, 15) is 14.4 Å². The van der Waals surface area contributed by atoms with Gasteiger partial charge in [0.2, 0.25) is 11.8 Å². The number of hydrogen-bond donors (Lipinski definition) is 2. The molecule has 0 bridgehead atoms. The third-order valence-electron chi connectivity index (χ3n) is 3.14. The Morgan fingerprint density at radius 1 is 1.44 bits per heavy atom. The van der Waals surface area contributed by atoms with Gasteiger partial charge in [0, 0.05) is 19.5 Å². The van der Waals surface area contributed by atoms with Gasteiger partial charge in [-0.15, -0.1) is 0 Å². The zero-order chi connectivity index (χ0) is 11.7. The Morgan fingerprint density at radius 2 is 2.19 bits per heavy atom. The molecule has 0 saturated carbocycles. The van der Waals surface area contributed by atoms with Gasteiger partial charge in [-0.25, -0.2) is 0 Å². The smallest absolute Gasteiger partial charge is 0.308 e. The molecule has 6 nitrogen and oxygen atoms in total. The quantitative estimate of drug-likeness (QED) is 0.645. The summed E-state index contributed by atoms with van der Waals surface area (Å²) in [4.78, 5) is 35.4. The number of aliphatic carboxylic acids is 1. The molecule has 2 atom stereocenters. The molecule has 2 aliphatic rings. The van der Waals surface area contributed by atoms with Crippen LogP contribution in [0.4, 0.5) is 0 Å². The van der Waals surface area contributed by atoms with Gasteiger partial charge >= 0.3 is 5.97 Å². The fourth-order valence-electron chi connectivity index (χ4n) is 2.25. The maximum absolute atomic E-state index is 11.6. The molecular weight excluding hydrogens is 212 g/mol. The lowest BCUT2D eigenvalue weighted by Crippen LogP contribution is -2.51. The first kappa shape index (κ1) is 10.9. The number of carboxylic acids is 1. The molecule has 2 aliphatic heterocycles. The molecule has 2 amide bonds. The third kappa shape index (κ3) is 1.87. The van der Waals surface area contributed by atoms with E-state index in [-0.39, 0.29) is 24.8 Å². The highest BCUT2D eigenvalue weighted by Gasteiger charge is 2.40. The summed E-state index contributed by atoms with van der Waals surface area (Å²) in [5, 5.41) is 11.5. The molecule has 0 aliphatic carbocycles. The summed E-state index contributed by atoms with van der Waals surface area (Å²) in [5.74, 6) is -2.02. The average Bonchev–Trinajstić information content (AvgIpc) is 2.61. The van der Waals surface area contributed by atoms with Crippen molar-refractivity contribution in [3.8, 4) is 0 Å². The van der Waals surface area contributed by atoms with Crippen LogP contribution in [0.2, 0.25) is 0 Å². The summed E-state index contributed by atoms with van der Waals surface area (Å²) < 4.78 is 0. The number of carboxylic acid groups (broad SMARTS) is 1. The lowest BCUT2D eigenvalue weighted by atomic mass is 10.1. The summed E-state index contributed by atoms with van der Waals surface area (Å²) in [6, 6.07) is -0.467. The van der Waals surface area contributed by atoms with Crippen molar-refractivity contribution < 1.29 is 19.5 Å². The number of nitrogens with zero attached hydrogens (tertiary/aromatic N) is 1. The monoisotopic (exact) mass is 226 g/mol. The molecular formula is C10H14N2O4. The van der Waals surface area contributed by atoms with Crippen molar-refractivity contribution in [1.82, 2.24) is 10.2 Å². The van der Waals surface area contributed by atoms with Gasteiger partial charge in [-0.1, -0.05) is 0 Å². The molecule has 88 valence electrons. The van der Waals surface area contributed by atoms with Crippen LogP contribution in [0.15, 0.2) is 0 Å². The lowest BCUT2D eigenvalue weighted by molar-refractivity contribution is -0.141. The summed E-state index contributed by atoms with van der Waals surface area (Å²) in [6.07, 6.45) is 1.47. The maximum Gasteiger partial charge on any atom is 0.308 e. The van der Waals surface area contributed by atoms with E-state index >= 15 is 0 Å². The SMILES string of the molecule is O=C(O)C1CC(=O)N(C2CCCNC2=O)C1. The second-order valence-electron chi connectivity index (χ2n) is 4.23. The molecule has 2 N–H and O–H groups in total. The van der Waals surface area contributed by atoms with Gasteiger partial charge in [-0.2, -0.15) is 0 Å². The number of likely N-dealkylation sites (tertiary alicyclic amines) is 1. The molecule has 2 fully saturated rings. The summed E-state index contributed by atoms with van der Waals surface area (Å²) in [5.41, 5.74) is 0. The molecule has 0 aromatic carbocycles. The van der Waals surface area contributed by atoms with Crippen LogP contribution >= 0.6 is 0 Å². The Kier molecular flexibility index (Phi) is 2.80. The Labute approximate surface area is 92.6 Å².